The first kappa shape index (κ1) is 14.5. The molecule has 3 nitrogen and oxygen atoms in total. The number of para-hydroxylation sites is 1. The van der Waals surface area contributed by atoms with Gasteiger partial charge in [0, 0.05) is 27.2 Å². The average Bonchev–Trinajstić information content (AvgIpc) is 2.91. The fourth-order valence-corrected chi connectivity index (χ4v) is 3.81. The second-order valence-corrected chi connectivity index (χ2v) is 6.81. The topological polar surface area (TPSA) is 36.4 Å². The van der Waals surface area contributed by atoms with Crippen molar-refractivity contribution in [2.45, 2.75) is 13.2 Å². The van der Waals surface area contributed by atoms with Gasteiger partial charge < -0.3 is 10.0 Å². The molecule has 0 fully saturated rings. The van der Waals surface area contributed by atoms with E-state index in [0.29, 0.717) is 0 Å². The van der Waals surface area contributed by atoms with Crippen LogP contribution in [0.25, 0.3) is 10.9 Å². The van der Waals surface area contributed by atoms with E-state index in [1.165, 1.54) is 4.88 Å². The Hall–Kier alpha value is -1.43. The van der Waals surface area contributed by atoms with Crippen LogP contribution in [0.5, 0.6) is 0 Å². The Labute approximate surface area is 136 Å². The SMILES string of the molecule is CN(Cc1cc(Br)cs1)c1cc(CO)c2ccccc2n1. The van der Waals surface area contributed by atoms with E-state index in [1.54, 1.807) is 11.3 Å². The lowest BCUT2D eigenvalue weighted by Gasteiger charge is -2.19. The van der Waals surface area contributed by atoms with E-state index in [0.717, 1.165) is 33.3 Å². The predicted molar refractivity (Wildman–Crippen MR) is 91.8 cm³/mol. The van der Waals surface area contributed by atoms with Crippen molar-refractivity contribution in [3.8, 4) is 0 Å². The largest absolute Gasteiger partial charge is 0.392 e. The number of benzene rings is 1. The van der Waals surface area contributed by atoms with E-state index >= 15 is 0 Å². The molecular formula is C16H15BrN2OS. The van der Waals surface area contributed by atoms with Gasteiger partial charge in [-0.3, -0.25) is 0 Å². The van der Waals surface area contributed by atoms with Crippen molar-refractivity contribution in [3.63, 3.8) is 0 Å². The van der Waals surface area contributed by atoms with Crippen LogP contribution in [-0.2, 0) is 13.2 Å². The summed E-state index contributed by atoms with van der Waals surface area (Å²) in [6, 6.07) is 12.0. The van der Waals surface area contributed by atoms with Crippen molar-refractivity contribution in [2.24, 2.45) is 0 Å². The fourth-order valence-electron chi connectivity index (χ4n) is 2.31. The lowest BCUT2D eigenvalue weighted by Crippen LogP contribution is -2.17. The van der Waals surface area contributed by atoms with Gasteiger partial charge in [0.1, 0.15) is 5.82 Å². The summed E-state index contributed by atoms with van der Waals surface area (Å²) in [5.74, 6) is 0.877. The van der Waals surface area contributed by atoms with Gasteiger partial charge in [-0.15, -0.1) is 11.3 Å². The number of anilines is 1. The Morgan fingerprint density at radius 2 is 2.10 bits per heavy atom. The van der Waals surface area contributed by atoms with Crippen LogP contribution < -0.4 is 4.90 Å². The number of fused-ring (bicyclic) bond motifs is 1. The Balaban J connectivity index is 1.95. The van der Waals surface area contributed by atoms with E-state index < -0.39 is 0 Å². The summed E-state index contributed by atoms with van der Waals surface area (Å²) in [7, 11) is 2.02. The molecule has 0 amide bonds. The number of nitrogens with zero attached hydrogens (tertiary/aromatic N) is 2. The summed E-state index contributed by atoms with van der Waals surface area (Å²) in [5, 5.41) is 12.7. The summed E-state index contributed by atoms with van der Waals surface area (Å²) < 4.78 is 1.11. The number of halogens is 1. The zero-order valence-corrected chi connectivity index (χ0v) is 14.0. The maximum Gasteiger partial charge on any atom is 0.129 e. The zero-order chi connectivity index (χ0) is 14.8. The van der Waals surface area contributed by atoms with Crippen LogP contribution in [-0.4, -0.2) is 17.1 Å². The molecule has 0 saturated heterocycles. The lowest BCUT2D eigenvalue weighted by atomic mass is 10.1. The minimum Gasteiger partial charge on any atom is -0.392 e. The van der Waals surface area contributed by atoms with Gasteiger partial charge in [-0.05, 0) is 39.7 Å². The minimum atomic E-state index is 0.0222. The summed E-state index contributed by atoms with van der Waals surface area (Å²) in [4.78, 5) is 8.06. The van der Waals surface area contributed by atoms with Crippen molar-refractivity contribution in [2.75, 3.05) is 11.9 Å². The van der Waals surface area contributed by atoms with Crippen LogP contribution in [0.3, 0.4) is 0 Å². The Morgan fingerprint density at radius 3 is 2.81 bits per heavy atom. The second-order valence-electron chi connectivity index (χ2n) is 4.90. The summed E-state index contributed by atoms with van der Waals surface area (Å²) >= 11 is 5.20. The highest BCUT2D eigenvalue weighted by Crippen LogP contribution is 2.25. The van der Waals surface area contributed by atoms with Gasteiger partial charge in [-0.1, -0.05) is 18.2 Å². The van der Waals surface area contributed by atoms with Gasteiger partial charge in [0.05, 0.1) is 18.7 Å². The monoisotopic (exact) mass is 362 g/mol. The van der Waals surface area contributed by atoms with Crippen LogP contribution in [0, 0.1) is 0 Å². The Kier molecular flexibility index (Phi) is 4.24. The highest BCUT2D eigenvalue weighted by Gasteiger charge is 2.10. The van der Waals surface area contributed by atoms with E-state index in [9.17, 15) is 5.11 Å². The third-order valence-corrected chi connectivity index (χ3v) is 5.05. The fraction of sp³-hybridized carbons (Fsp3) is 0.188. The molecule has 0 radical (unpaired) electrons. The number of hydrogen-bond acceptors (Lipinski definition) is 4. The van der Waals surface area contributed by atoms with Gasteiger partial charge in [0.2, 0.25) is 0 Å². The molecule has 108 valence electrons. The smallest absolute Gasteiger partial charge is 0.129 e. The molecule has 0 bridgehead atoms. The molecule has 3 aromatic rings. The first-order valence-corrected chi connectivity index (χ1v) is 8.28. The maximum atomic E-state index is 9.58. The van der Waals surface area contributed by atoms with E-state index in [1.807, 2.05) is 37.4 Å². The predicted octanol–water partition coefficient (Wildman–Crippen LogP) is 4.19. The van der Waals surface area contributed by atoms with Crippen LogP contribution in [0.1, 0.15) is 10.4 Å². The molecule has 0 atom stereocenters. The third kappa shape index (κ3) is 3.10. The van der Waals surface area contributed by atoms with Crippen LogP contribution in [0.15, 0.2) is 46.3 Å². The summed E-state index contributed by atoms with van der Waals surface area (Å²) in [6.45, 7) is 0.820. The normalized spacial score (nSPS) is 11.0. The molecule has 0 saturated carbocycles. The summed E-state index contributed by atoms with van der Waals surface area (Å²) in [5.41, 5.74) is 1.83. The molecule has 0 aliphatic carbocycles. The minimum absolute atomic E-state index is 0.0222. The highest BCUT2D eigenvalue weighted by atomic mass is 79.9. The number of aliphatic hydroxyl groups excluding tert-OH is 1. The number of aliphatic hydroxyl groups is 1. The van der Waals surface area contributed by atoms with Gasteiger partial charge in [-0.2, -0.15) is 0 Å². The summed E-state index contributed by atoms with van der Waals surface area (Å²) in [6.07, 6.45) is 0. The number of hydrogen-bond donors (Lipinski definition) is 1. The zero-order valence-electron chi connectivity index (χ0n) is 11.6. The molecule has 1 N–H and O–H groups in total. The molecule has 1 aromatic carbocycles. The van der Waals surface area contributed by atoms with Crippen molar-refractivity contribution in [1.82, 2.24) is 4.98 Å². The van der Waals surface area contributed by atoms with Crippen molar-refractivity contribution >= 4 is 44.0 Å². The number of pyridine rings is 1. The molecule has 2 aromatic heterocycles. The molecule has 0 unspecified atom stereocenters. The molecule has 0 aliphatic heterocycles. The van der Waals surface area contributed by atoms with Crippen LogP contribution in [0.4, 0.5) is 5.82 Å². The molecular weight excluding hydrogens is 348 g/mol. The number of rotatable bonds is 4. The van der Waals surface area contributed by atoms with Gasteiger partial charge in [0.15, 0.2) is 0 Å². The molecule has 0 spiro atoms. The van der Waals surface area contributed by atoms with Crippen molar-refractivity contribution in [1.29, 1.82) is 0 Å². The molecule has 21 heavy (non-hydrogen) atoms. The van der Waals surface area contributed by atoms with E-state index in [-0.39, 0.29) is 6.61 Å². The van der Waals surface area contributed by atoms with E-state index in [2.05, 4.69) is 32.3 Å². The molecule has 3 rings (SSSR count). The first-order chi connectivity index (χ1) is 10.2. The lowest BCUT2D eigenvalue weighted by molar-refractivity contribution is 0.283. The third-order valence-electron chi connectivity index (χ3n) is 3.36. The quantitative estimate of drug-likeness (QED) is 0.755. The van der Waals surface area contributed by atoms with Crippen molar-refractivity contribution in [3.05, 3.63) is 56.7 Å². The van der Waals surface area contributed by atoms with Gasteiger partial charge >= 0.3 is 0 Å². The van der Waals surface area contributed by atoms with E-state index in [4.69, 9.17) is 4.98 Å². The van der Waals surface area contributed by atoms with Gasteiger partial charge in [0.25, 0.3) is 0 Å². The first-order valence-electron chi connectivity index (χ1n) is 6.61. The maximum absolute atomic E-state index is 9.58. The second kappa shape index (κ2) is 6.13. The number of aromatic nitrogens is 1. The Bertz CT molecular complexity index is 772. The van der Waals surface area contributed by atoms with Crippen molar-refractivity contribution < 1.29 is 5.11 Å². The number of thiophene rings is 1. The molecule has 0 aliphatic rings. The van der Waals surface area contributed by atoms with Crippen LogP contribution >= 0.6 is 27.3 Å². The highest BCUT2D eigenvalue weighted by molar-refractivity contribution is 9.10. The Morgan fingerprint density at radius 1 is 1.29 bits per heavy atom. The molecule has 5 heteroatoms. The average molecular weight is 363 g/mol. The van der Waals surface area contributed by atoms with Crippen LogP contribution in [0.2, 0.25) is 0 Å². The molecule has 2 heterocycles. The van der Waals surface area contributed by atoms with Gasteiger partial charge in [-0.25, -0.2) is 4.98 Å². The standard InChI is InChI=1S/C16H15BrN2OS/c1-19(8-13-7-12(17)10-21-13)16-6-11(9-20)14-4-2-3-5-15(14)18-16/h2-7,10,20H,8-9H2,1H3.